The monoisotopic (exact) mass is 308 g/mol. The number of furan rings is 1. The molecule has 0 saturated heterocycles. The topological polar surface area (TPSA) is 73.0 Å². The highest BCUT2D eigenvalue weighted by molar-refractivity contribution is 7.99. The van der Waals surface area contributed by atoms with Crippen LogP contribution in [0.4, 0.5) is 0 Å². The van der Waals surface area contributed by atoms with Crippen LogP contribution in [0.3, 0.4) is 0 Å². The molecule has 0 aromatic carbocycles. The van der Waals surface area contributed by atoms with E-state index < -0.39 is 0 Å². The molecule has 114 valence electrons. The van der Waals surface area contributed by atoms with Crippen molar-refractivity contribution < 1.29 is 9.21 Å². The summed E-state index contributed by atoms with van der Waals surface area (Å²) in [4.78, 5) is 11.7. The Morgan fingerprint density at radius 3 is 2.86 bits per heavy atom. The Labute approximate surface area is 128 Å². The highest BCUT2D eigenvalue weighted by Crippen LogP contribution is 2.26. The minimum absolute atomic E-state index is 0.0218. The molecule has 0 aliphatic carbocycles. The third-order valence-corrected chi connectivity index (χ3v) is 4.00. The van der Waals surface area contributed by atoms with E-state index in [2.05, 4.69) is 15.5 Å². The molecule has 2 rings (SSSR count). The summed E-state index contributed by atoms with van der Waals surface area (Å²) >= 11 is 1.40. The van der Waals surface area contributed by atoms with E-state index in [1.165, 1.54) is 11.8 Å². The first-order chi connectivity index (χ1) is 10.2. The van der Waals surface area contributed by atoms with Gasteiger partial charge in [0.1, 0.15) is 5.76 Å². The lowest BCUT2D eigenvalue weighted by Gasteiger charge is -2.07. The van der Waals surface area contributed by atoms with Crippen molar-refractivity contribution in [1.82, 2.24) is 20.1 Å². The summed E-state index contributed by atoms with van der Waals surface area (Å²) in [5, 5.41) is 12.0. The molecule has 0 saturated carbocycles. The molecule has 7 heteroatoms. The van der Waals surface area contributed by atoms with Crippen molar-refractivity contribution in [3.05, 3.63) is 18.1 Å². The SMILES string of the molecule is CCCNC(=O)CSc1nnc(-c2ccoc2C)n1CC. The number of thioether (sulfide) groups is 1. The third kappa shape index (κ3) is 3.66. The predicted molar refractivity (Wildman–Crippen MR) is 82.2 cm³/mol. The summed E-state index contributed by atoms with van der Waals surface area (Å²) in [7, 11) is 0. The standard InChI is InChI=1S/C14H20N4O2S/c1-4-7-15-12(19)9-21-14-17-16-13(18(14)5-2)11-6-8-20-10(11)3/h6,8H,4-5,7,9H2,1-3H3,(H,15,19). The van der Waals surface area contributed by atoms with E-state index in [4.69, 9.17) is 4.42 Å². The highest BCUT2D eigenvalue weighted by Gasteiger charge is 2.17. The lowest BCUT2D eigenvalue weighted by Crippen LogP contribution is -2.25. The van der Waals surface area contributed by atoms with Crippen molar-refractivity contribution in [3.63, 3.8) is 0 Å². The average molecular weight is 308 g/mol. The summed E-state index contributed by atoms with van der Waals surface area (Å²) in [6.07, 6.45) is 2.58. The summed E-state index contributed by atoms with van der Waals surface area (Å²) < 4.78 is 7.31. The zero-order valence-corrected chi connectivity index (χ0v) is 13.4. The first-order valence-electron chi connectivity index (χ1n) is 7.04. The number of nitrogens with one attached hydrogen (secondary N) is 1. The third-order valence-electron chi connectivity index (χ3n) is 3.04. The lowest BCUT2D eigenvalue weighted by molar-refractivity contribution is -0.118. The molecule has 0 spiro atoms. The largest absolute Gasteiger partial charge is 0.469 e. The van der Waals surface area contributed by atoms with Crippen LogP contribution in [-0.4, -0.2) is 33.0 Å². The van der Waals surface area contributed by atoms with Gasteiger partial charge in [-0.1, -0.05) is 18.7 Å². The minimum Gasteiger partial charge on any atom is -0.469 e. The summed E-state index contributed by atoms with van der Waals surface area (Å²) in [6.45, 7) is 7.41. The second-order valence-corrected chi connectivity index (χ2v) is 5.52. The Morgan fingerprint density at radius 1 is 1.43 bits per heavy atom. The van der Waals surface area contributed by atoms with Crippen LogP contribution in [-0.2, 0) is 11.3 Å². The average Bonchev–Trinajstić information content (AvgIpc) is 3.07. The molecule has 0 fully saturated rings. The number of amides is 1. The van der Waals surface area contributed by atoms with Gasteiger partial charge in [0.05, 0.1) is 17.6 Å². The minimum atomic E-state index is 0.0218. The van der Waals surface area contributed by atoms with Gasteiger partial charge in [-0.15, -0.1) is 10.2 Å². The number of hydrogen-bond donors (Lipinski definition) is 1. The van der Waals surface area contributed by atoms with Crippen LogP contribution >= 0.6 is 11.8 Å². The van der Waals surface area contributed by atoms with Crippen molar-refractivity contribution in [2.45, 2.75) is 38.9 Å². The van der Waals surface area contributed by atoms with E-state index in [0.717, 1.165) is 35.3 Å². The zero-order chi connectivity index (χ0) is 15.2. The second kappa shape index (κ2) is 7.31. The Morgan fingerprint density at radius 2 is 2.24 bits per heavy atom. The molecule has 2 aromatic rings. The number of hydrogen-bond acceptors (Lipinski definition) is 5. The molecule has 6 nitrogen and oxygen atoms in total. The molecule has 1 amide bonds. The molecule has 0 atom stereocenters. The molecule has 0 radical (unpaired) electrons. The van der Waals surface area contributed by atoms with Gasteiger partial charge in [-0.05, 0) is 26.3 Å². The number of rotatable bonds is 7. The Balaban J connectivity index is 2.10. The van der Waals surface area contributed by atoms with Crippen LogP contribution in [0.15, 0.2) is 21.9 Å². The van der Waals surface area contributed by atoms with Gasteiger partial charge in [0.25, 0.3) is 0 Å². The maximum absolute atomic E-state index is 11.7. The molecule has 0 bridgehead atoms. The van der Waals surface area contributed by atoms with E-state index in [9.17, 15) is 4.79 Å². The van der Waals surface area contributed by atoms with Gasteiger partial charge in [-0.3, -0.25) is 4.79 Å². The fourth-order valence-corrected chi connectivity index (χ4v) is 2.77. The van der Waals surface area contributed by atoms with Crippen LogP contribution < -0.4 is 5.32 Å². The van der Waals surface area contributed by atoms with Crippen molar-refractivity contribution >= 4 is 17.7 Å². The maximum Gasteiger partial charge on any atom is 0.230 e. The molecule has 2 aromatic heterocycles. The van der Waals surface area contributed by atoms with Gasteiger partial charge < -0.3 is 14.3 Å². The normalized spacial score (nSPS) is 10.8. The van der Waals surface area contributed by atoms with E-state index in [-0.39, 0.29) is 5.91 Å². The van der Waals surface area contributed by atoms with Crippen LogP contribution in [0.1, 0.15) is 26.0 Å². The van der Waals surface area contributed by atoms with E-state index in [1.807, 2.05) is 31.4 Å². The quantitative estimate of drug-likeness (QED) is 0.796. The van der Waals surface area contributed by atoms with Crippen LogP contribution in [0.2, 0.25) is 0 Å². The van der Waals surface area contributed by atoms with Gasteiger partial charge in [-0.2, -0.15) is 0 Å². The van der Waals surface area contributed by atoms with Crippen molar-refractivity contribution in [1.29, 1.82) is 0 Å². The Bertz CT molecular complexity index is 606. The summed E-state index contributed by atoms with van der Waals surface area (Å²) in [5.41, 5.74) is 0.937. The first-order valence-corrected chi connectivity index (χ1v) is 8.03. The van der Waals surface area contributed by atoms with E-state index >= 15 is 0 Å². The number of aromatic nitrogens is 3. The van der Waals surface area contributed by atoms with Crippen molar-refractivity contribution in [3.8, 4) is 11.4 Å². The van der Waals surface area contributed by atoms with E-state index in [1.54, 1.807) is 6.26 Å². The van der Waals surface area contributed by atoms with Crippen LogP contribution in [0.5, 0.6) is 0 Å². The van der Waals surface area contributed by atoms with Crippen molar-refractivity contribution in [2.24, 2.45) is 0 Å². The fourth-order valence-electron chi connectivity index (χ4n) is 1.94. The molecule has 0 aliphatic heterocycles. The molecule has 21 heavy (non-hydrogen) atoms. The number of nitrogens with zero attached hydrogens (tertiary/aromatic N) is 3. The lowest BCUT2D eigenvalue weighted by atomic mass is 10.2. The van der Waals surface area contributed by atoms with Gasteiger partial charge in [0, 0.05) is 13.1 Å². The Hall–Kier alpha value is -1.76. The summed E-state index contributed by atoms with van der Waals surface area (Å²) in [6, 6.07) is 1.88. The smallest absolute Gasteiger partial charge is 0.230 e. The maximum atomic E-state index is 11.7. The van der Waals surface area contributed by atoms with Crippen LogP contribution in [0.25, 0.3) is 11.4 Å². The second-order valence-electron chi connectivity index (χ2n) is 4.58. The number of carbonyl (C=O) groups is 1. The zero-order valence-electron chi connectivity index (χ0n) is 12.5. The molecular weight excluding hydrogens is 288 g/mol. The van der Waals surface area contributed by atoms with Crippen LogP contribution in [0, 0.1) is 6.92 Å². The predicted octanol–water partition coefficient (Wildman–Crippen LogP) is 2.48. The molecule has 1 N–H and O–H groups in total. The number of aryl methyl sites for hydroxylation is 1. The Kier molecular flexibility index (Phi) is 5.44. The molecule has 0 aliphatic rings. The molecule has 2 heterocycles. The van der Waals surface area contributed by atoms with Crippen molar-refractivity contribution in [2.75, 3.05) is 12.3 Å². The molecule has 0 unspecified atom stereocenters. The highest BCUT2D eigenvalue weighted by atomic mass is 32.2. The van der Waals surface area contributed by atoms with Gasteiger partial charge >= 0.3 is 0 Å². The van der Waals surface area contributed by atoms with E-state index in [0.29, 0.717) is 12.3 Å². The first kappa shape index (κ1) is 15.6. The molecular formula is C14H20N4O2S. The van der Waals surface area contributed by atoms with Gasteiger partial charge in [0.15, 0.2) is 11.0 Å². The van der Waals surface area contributed by atoms with Gasteiger partial charge in [-0.25, -0.2) is 0 Å². The summed E-state index contributed by atoms with van der Waals surface area (Å²) in [5.74, 6) is 1.96. The number of carbonyl (C=O) groups excluding carboxylic acids is 1. The fraction of sp³-hybridized carbons (Fsp3) is 0.500. The van der Waals surface area contributed by atoms with Gasteiger partial charge in [0.2, 0.25) is 5.91 Å².